The maximum atomic E-state index is 12.2. The summed E-state index contributed by atoms with van der Waals surface area (Å²) < 4.78 is 31.9. The Morgan fingerprint density at radius 2 is 2.24 bits per heavy atom. The fourth-order valence-electron chi connectivity index (χ4n) is 1.65. The number of H-pyrrole nitrogens is 1. The van der Waals surface area contributed by atoms with Crippen molar-refractivity contribution >= 4 is 21.7 Å². The van der Waals surface area contributed by atoms with Crippen molar-refractivity contribution in [3.8, 4) is 5.75 Å². The number of aromatic carboxylic acids is 1. The average molecular weight is 311 g/mol. The molecule has 0 saturated carbocycles. The van der Waals surface area contributed by atoms with Crippen molar-refractivity contribution in [3.05, 3.63) is 36.0 Å². The highest BCUT2D eigenvalue weighted by molar-refractivity contribution is 7.92. The van der Waals surface area contributed by atoms with E-state index in [0.717, 1.165) is 6.20 Å². The van der Waals surface area contributed by atoms with Gasteiger partial charge in [0.1, 0.15) is 11.3 Å². The van der Waals surface area contributed by atoms with E-state index < -0.39 is 26.6 Å². The van der Waals surface area contributed by atoms with Crippen LogP contribution in [-0.4, -0.2) is 36.3 Å². The van der Waals surface area contributed by atoms with Crippen molar-refractivity contribution < 1.29 is 23.1 Å². The monoisotopic (exact) mass is 311 g/mol. The Kier molecular flexibility index (Phi) is 4.13. The Morgan fingerprint density at radius 1 is 1.48 bits per heavy atom. The first-order chi connectivity index (χ1) is 9.94. The second-order valence-corrected chi connectivity index (χ2v) is 5.60. The predicted molar refractivity (Wildman–Crippen MR) is 74.0 cm³/mol. The van der Waals surface area contributed by atoms with Crippen LogP contribution in [0.3, 0.4) is 0 Å². The Balaban J connectivity index is 2.31. The summed E-state index contributed by atoms with van der Waals surface area (Å²) in [6.45, 7) is 2.25. The van der Waals surface area contributed by atoms with E-state index >= 15 is 0 Å². The number of sulfonamides is 1. The zero-order valence-electron chi connectivity index (χ0n) is 11.0. The van der Waals surface area contributed by atoms with Crippen molar-refractivity contribution in [1.82, 2.24) is 10.2 Å². The Bertz CT molecular complexity index is 754. The lowest BCUT2D eigenvalue weighted by atomic mass is 10.3. The number of hydrogen-bond donors (Lipinski definition) is 3. The number of aromatic amines is 1. The standard InChI is InChI=1S/C12H13N3O5S/c1-2-20-9-5-3-4-8(6-9)15-21(18,19)11-10(12(16)17)7-13-14-11/h3-7,15H,2H2,1H3,(H,13,14)(H,16,17). The topological polar surface area (TPSA) is 121 Å². The minimum Gasteiger partial charge on any atom is -0.494 e. The van der Waals surface area contributed by atoms with Gasteiger partial charge in [-0.15, -0.1) is 0 Å². The molecule has 3 N–H and O–H groups in total. The van der Waals surface area contributed by atoms with Crippen molar-refractivity contribution in [2.45, 2.75) is 11.9 Å². The maximum Gasteiger partial charge on any atom is 0.340 e. The molecule has 0 aliphatic carbocycles. The van der Waals surface area contributed by atoms with E-state index in [9.17, 15) is 13.2 Å². The summed E-state index contributed by atoms with van der Waals surface area (Å²) in [5, 5.41) is 14.0. The molecule has 112 valence electrons. The quantitative estimate of drug-likeness (QED) is 0.739. The van der Waals surface area contributed by atoms with Crippen LogP contribution in [0.15, 0.2) is 35.5 Å². The smallest absolute Gasteiger partial charge is 0.340 e. The number of anilines is 1. The van der Waals surface area contributed by atoms with Gasteiger partial charge in [0.15, 0.2) is 5.03 Å². The molecule has 0 amide bonds. The molecule has 1 heterocycles. The Morgan fingerprint density at radius 3 is 2.90 bits per heavy atom. The molecule has 2 aromatic rings. The van der Waals surface area contributed by atoms with Crippen LogP contribution in [0.1, 0.15) is 17.3 Å². The van der Waals surface area contributed by atoms with Gasteiger partial charge in [0.2, 0.25) is 0 Å². The van der Waals surface area contributed by atoms with Crippen LogP contribution in [0.25, 0.3) is 0 Å². The molecular formula is C12H13N3O5S. The van der Waals surface area contributed by atoms with Crippen LogP contribution in [0.2, 0.25) is 0 Å². The molecule has 0 aliphatic heterocycles. The summed E-state index contributed by atoms with van der Waals surface area (Å²) in [5.74, 6) is -0.882. The highest BCUT2D eigenvalue weighted by atomic mass is 32.2. The van der Waals surface area contributed by atoms with E-state index in [2.05, 4.69) is 14.9 Å². The molecule has 2 rings (SSSR count). The van der Waals surface area contributed by atoms with Gasteiger partial charge in [-0.1, -0.05) is 6.07 Å². The van der Waals surface area contributed by atoms with Crippen molar-refractivity contribution in [2.75, 3.05) is 11.3 Å². The molecule has 8 nitrogen and oxygen atoms in total. The predicted octanol–water partition coefficient (Wildman–Crippen LogP) is 1.31. The fraction of sp³-hybridized carbons (Fsp3) is 0.167. The summed E-state index contributed by atoms with van der Waals surface area (Å²) in [6.07, 6.45) is 0.938. The molecule has 0 spiro atoms. The number of ether oxygens (including phenoxy) is 1. The second kappa shape index (κ2) is 5.83. The van der Waals surface area contributed by atoms with E-state index in [-0.39, 0.29) is 5.69 Å². The largest absolute Gasteiger partial charge is 0.494 e. The number of hydrogen-bond acceptors (Lipinski definition) is 5. The third-order valence-corrected chi connectivity index (χ3v) is 3.85. The van der Waals surface area contributed by atoms with Gasteiger partial charge >= 0.3 is 5.97 Å². The van der Waals surface area contributed by atoms with E-state index in [4.69, 9.17) is 9.84 Å². The van der Waals surface area contributed by atoms with Crippen LogP contribution in [0.4, 0.5) is 5.69 Å². The van der Waals surface area contributed by atoms with E-state index in [1.807, 2.05) is 0 Å². The second-order valence-electron chi connectivity index (χ2n) is 3.98. The fourth-order valence-corrected chi connectivity index (χ4v) is 2.80. The number of benzene rings is 1. The van der Waals surface area contributed by atoms with Gasteiger partial charge in [-0.05, 0) is 19.1 Å². The van der Waals surface area contributed by atoms with Gasteiger partial charge in [-0.25, -0.2) is 4.79 Å². The molecular weight excluding hydrogens is 298 g/mol. The molecule has 0 saturated heterocycles. The Hall–Kier alpha value is -2.55. The summed E-state index contributed by atoms with van der Waals surface area (Å²) in [4.78, 5) is 10.9. The van der Waals surface area contributed by atoms with Crippen LogP contribution in [-0.2, 0) is 10.0 Å². The third kappa shape index (κ3) is 3.31. The third-order valence-electron chi connectivity index (χ3n) is 2.50. The highest BCUT2D eigenvalue weighted by Crippen LogP contribution is 2.21. The molecule has 21 heavy (non-hydrogen) atoms. The lowest BCUT2D eigenvalue weighted by molar-refractivity contribution is 0.0692. The molecule has 1 aromatic carbocycles. The average Bonchev–Trinajstić information content (AvgIpc) is 2.89. The van der Waals surface area contributed by atoms with Gasteiger partial charge in [0.25, 0.3) is 10.0 Å². The number of aromatic nitrogens is 2. The number of carbonyl (C=O) groups is 1. The number of carboxylic acids is 1. The van der Waals surface area contributed by atoms with Crippen molar-refractivity contribution in [1.29, 1.82) is 0 Å². The van der Waals surface area contributed by atoms with Gasteiger partial charge in [0.05, 0.1) is 18.5 Å². The first-order valence-corrected chi connectivity index (χ1v) is 7.44. The lowest BCUT2D eigenvalue weighted by Crippen LogP contribution is -2.16. The molecule has 0 fully saturated rings. The minimum absolute atomic E-state index is 0.256. The number of carboxylic acid groups (broad SMARTS) is 1. The highest BCUT2D eigenvalue weighted by Gasteiger charge is 2.24. The molecule has 0 bridgehead atoms. The Labute approximate surface area is 120 Å². The van der Waals surface area contributed by atoms with Crippen LogP contribution in [0.5, 0.6) is 5.75 Å². The van der Waals surface area contributed by atoms with Crippen molar-refractivity contribution in [3.63, 3.8) is 0 Å². The summed E-state index contributed by atoms with van der Waals surface area (Å²) in [7, 11) is -4.08. The maximum absolute atomic E-state index is 12.2. The van der Waals surface area contributed by atoms with E-state index in [1.54, 1.807) is 19.1 Å². The van der Waals surface area contributed by atoms with Crippen LogP contribution >= 0.6 is 0 Å². The molecule has 0 atom stereocenters. The van der Waals surface area contributed by atoms with Gasteiger partial charge in [-0.2, -0.15) is 13.5 Å². The zero-order chi connectivity index (χ0) is 15.5. The van der Waals surface area contributed by atoms with E-state index in [0.29, 0.717) is 12.4 Å². The van der Waals surface area contributed by atoms with E-state index in [1.165, 1.54) is 12.1 Å². The van der Waals surface area contributed by atoms with Gasteiger partial charge in [0, 0.05) is 6.07 Å². The van der Waals surface area contributed by atoms with Gasteiger partial charge in [-0.3, -0.25) is 9.82 Å². The van der Waals surface area contributed by atoms with Crippen molar-refractivity contribution in [2.24, 2.45) is 0 Å². The number of nitrogens with zero attached hydrogens (tertiary/aromatic N) is 1. The van der Waals surface area contributed by atoms with Crippen LogP contribution < -0.4 is 9.46 Å². The summed E-state index contributed by atoms with van der Waals surface area (Å²) >= 11 is 0. The first kappa shape index (κ1) is 14.9. The zero-order valence-corrected chi connectivity index (χ0v) is 11.8. The minimum atomic E-state index is -4.08. The molecule has 0 radical (unpaired) electrons. The molecule has 0 aliphatic rings. The van der Waals surface area contributed by atoms with Crippen LogP contribution in [0, 0.1) is 0 Å². The van der Waals surface area contributed by atoms with Gasteiger partial charge < -0.3 is 9.84 Å². The molecule has 0 unspecified atom stereocenters. The number of rotatable bonds is 6. The summed E-state index contributed by atoms with van der Waals surface area (Å²) in [5.41, 5.74) is -0.171. The SMILES string of the molecule is CCOc1cccc(NS(=O)(=O)c2[nH]ncc2C(=O)O)c1. The summed E-state index contributed by atoms with van der Waals surface area (Å²) in [6, 6.07) is 6.32. The first-order valence-electron chi connectivity index (χ1n) is 5.96. The molecule has 9 heteroatoms. The lowest BCUT2D eigenvalue weighted by Gasteiger charge is -2.09. The molecule has 1 aromatic heterocycles. The normalized spacial score (nSPS) is 11.1. The number of nitrogens with one attached hydrogen (secondary N) is 2.